The lowest BCUT2D eigenvalue weighted by molar-refractivity contribution is 0.588. The molecule has 0 radical (unpaired) electrons. The molecule has 1 atom stereocenters. The summed E-state index contributed by atoms with van der Waals surface area (Å²) in [5, 5.41) is 8.66. The van der Waals surface area contributed by atoms with Gasteiger partial charge in [0.25, 0.3) is 0 Å². The molecule has 0 unspecified atom stereocenters. The summed E-state index contributed by atoms with van der Waals surface area (Å²) >= 11 is 0. The van der Waals surface area contributed by atoms with E-state index in [1.54, 1.807) is 6.20 Å². The number of hydrogen-bond acceptors (Lipinski definition) is 8. The van der Waals surface area contributed by atoms with E-state index in [0.717, 1.165) is 53.8 Å². The fraction of sp³-hybridized carbons (Fsp3) is 0.333. The maximum Gasteiger partial charge on any atom is 0.230 e. The zero-order chi connectivity index (χ0) is 20.5. The number of nitrogens with zero attached hydrogens (tertiary/aromatic N) is 6. The molecule has 0 aromatic carbocycles. The molecule has 1 aliphatic heterocycles. The third-order valence-corrected chi connectivity index (χ3v) is 5.60. The lowest BCUT2D eigenvalue weighted by Gasteiger charge is -2.29. The number of nitrogens with one attached hydrogen (secondary N) is 2. The second-order valence-electron chi connectivity index (χ2n) is 7.54. The van der Waals surface area contributed by atoms with Gasteiger partial charge in [0.1, 0.15) is 11.5 Å². The van der Waals surface area contributed by atoms with Crippen LogP contribution in [0.4, 0.5) is 17.5 Å². The smallest absolute Gasteiger partial charge is 0.230 e. The van der Waals surface area contributed by atoms with Crippen molar-refractivity contribution in [2.45, 2.75) is 13.0 Å². The second kappa shape index (κ2) is 7.85. The number of anilines is 3. The first-order chi connectivity index (χ1) is 14.7. The molecule has 4 aromatic heterocycles. The monoisotopic (exact) mass is 403 g/mol. The molecule has 5 rings (SSSR count). The maximum absolute atomic E-state index is 5.96. The molecule has 4 aromatic rings. The van der Waals surface area contributed by atoms with Crippen LogP contribution in [0.1, 0.15) is 13.0 Å². The fourth-order valence-corrected chi connectivity index (χ4v) is 3.96. The van der Waals surface area contributed by atoms with Gasteiger partial charge in [0.15, 0.2) is 0 Å². The Bertz CT molecular complexity index is 1160. The molecular weight excluding hydrogens is 378 g/mol. The molecule has 0 spiro atoms. The number of rotatable bonds is 5. The van der Waals surface area contributed by atoms with Gasteiger partial charge in [-0.3, -0.25) is 4.98 Å². The van der Waals surface area contributed by atoms with Crippen LogP contribution in [0.2, 0.25) is 0 Å². The van der Waals surface area contributed by atoms with E-state index < -0.39 is 0 Å². The van der Waals surface area contributed by atoms with E-state index >= 15 is 0 Å². The van der Waals surface area contributed by atoms with Gasteiger partial charge in [-0.1, -0.05) is 0 Å². The Morgan fingerprint density at radius 3 is 2.73 bits per heavy atom. The number of nitrogens with two attached hydrogens (primary N) is 1. The maximum atomic E-state index is 5.96. The van der Waals surface area contributed by atoms with Crippen LogP contribution in [-0.4, -0.2) is 57.2 Å². The van der Waals surface area contributed by atoms with Crippen LogP contribution < -0.4 is 21.3 Å². The van der Waals surface area contributed by atoms with E-state index in [9.17, 15) is 0 Å². The predicted octanol–water partition coefficient (Wildman–Crippen LogP) is 2.05. The highest BCUT2D eigenvalue weighted by molar-refractivity contribution is 6.06. The highest BCUT2D eigenvalue weighted by Crippen LogP contribution is 2.30. The summed E-state index contributed by atoms with van der Waals surface area (Å²) in [7, 11) is 0. The molecule has 4 N–H and O–H groups in total. The molecule has 0 aliphatic carbocycles. The van der Waals surface area contributed by atoms with E-state index in [0.29, 0.717) is 18.3 Å². The minimum Gasteiger partial charge on any atom is -0.368 e. The summed E-state index contributed by atoms with van der Waals surface area (Å²) in [5.74, 6) is 1.22. The third-order valence-electron chi connectivity index (χ3n) is 5.60. The molecule has 9 nitrogen and oxygen atoms in total. The van der Waals surface area contributed by atoms with Gasteiger partial charge in [0, 0.05) is 61.9 Å². The Kier molecular flexibility index (Phi) is 4.89. The number of aromatic nitrogens is 5. The molecule has 30 heavy (non-hydrogen) atoms. The van der Waals surface area contributed by atoms with Crippen molar-refractivity contribution >= 4 is 39.4 Å². The summed E-state index contributed by atoms with van der Waals surface area (Å²) in [4.78, 5) is 20.5. The molecule has 9 heteroatoms. The van der Waals surface area contributed by atoms with Crippen LogP contribution in [0, 0.1) is 0 Å². The Hall–Kier alpha value is -3.30. The second-order valence-corrected chi connectivity index (χ2v) is 7.54. The highest BCUT2D eigenvalue weighted by Gasteiger charge is 2.17. The van der Waals surface area contributed by atoms with Crippen molar-refractivity contribution in [2.75, 3.05) is 42.9 Å². The Labute approximate surface area is 174 Å². The van der Waals surface area contributed by atoms with Crippen LogP contribution in [0.15, 0.2) is 43.0 Å². The standard InChI is InChI=1S/C21H25N9/c1-14(10-22)30-18-13-24-5-4-16(18)17-12-26-21(28-20(17)30)27-19-3-2-15(11-25-19)29-8-6-23-7-9-29/h2-5,11-14,23H,6-10,22H2,1H3,(H,25,26,27,28)/t14-/m0/s1. The van der Waals surface area contributed by atoms with Crippen molar-refractivity contribution < 1.29 is 0 Å². The van der Waals surface area contributed by atoms with Gasteiger partial charge >= 0.3 is 0 Å². The van der Waals surface area contributed by atoms with Gasteiger partial charge in [0.05, 0.1) is 23.6 Å². The van der Waals surface area contributed by atoms with Crippen molar-refractivity contribution in [1.29, 1.82) is 0 Å². The van der Waals surface area contributed by atoms with Crippen molar-refractivity contribution in [2.24, 2.45) is 5.73 Å². The van der Waals surface area contributed by atoms with Gasteiger partial charge < -0.3 is 25.8 Å². The van der Waals surface area contributed by atoms with E-state index in [2.05, 4.69) is 48.0 Å². The molecule has 1 fully saturated rings. The zero-order valence-electron chi connectivity index (χ0n) is 16.9. The zero-order valence-corrected chi connectivity index (χ0v) is 16.9. The lowest BCUT2D eigenvalue weighted by Crippen LogP contribution is -2.43. The summed E-state index contributed by atoms with van der Waals surface area (Å²) in [6.45, 7) is 6.57. The largest absolute Gasteiger partial charge is 0.368 e. The normalized spacial score (nSPS) is 15.6. The quantitative estimate of drug-likeness (QED) is 0.464. The molecule has 1 aliphatic rings. The van der Waals surface area contributed by atoms with Crippen molar-refractivity contribution in [3.63, 3.8) is 0 Å². The summed E-state index contributed by atoms with van der Waals surface area (Å²) in [5.41, 5.74) is 8.94. The van der Waals surface area contributed by atoms with Gasteiger partial charge in [-0.25, -0.2) is 9.97 Å². The number of pyridine rings is 2. The van der Waals surface area contributed by atoms with E-state index in [1.807, 2.05) is 30.7 Å². The van der Waals surface area contributed by atoms with Crippen molar-refractivity contribution in [3.8, 4) is 0 Å². The summed E-state index contributed by atoms with van der Waals surface area (Å²) < 4.78 is 2.13. The van der Waals surface area contributed by atoms with E-state index in [1.165, 1.54) is 0 Å². The SMILES string of the molecule is C[C@@H](CN)n1c2cnccc2c2cnc(Nc3ccc(N4CCNCC4)cn3)nc21. The average molecular weight is 403 g/mol. The Morgan fingerprint density at radius 2 is 1.97 bits per heavy atom. The van der Waals surface area contributed by atoms with Crippen molar-refractivity contribution in [1.82, 2.24) is 29.8 Å². The van der Waals surface area contributed by atoms with Crippen LogP contribution in [-0.2, 0) is 0 Å². The van der Waals surface area contributed by atoms with Crippen LogP contribution in [0.25, 0.3) is 21.9 Å². The number of hydrogen-bond donors (Lipinski definition) is 3. The minimum atomic E-state index is 0.0911. The van der Waals surface area contributed by atoms with E-state index in [-0.39, 0.29) is 6.04 Å². The molecule has 1 saturated heterocycles. The van der Waals surface area contributed by atoms with Crippen LogP contribution in [0.3, 0.4) is 0 Å². The van der Waals surface area contributed by atoms with E-state index in [4.69, 9.17) is 10.7 Å². The highest BCUT2D eigenvalue weighted by atomic mass is 15.2. The molecule has 154 valence electrons. The fourth-order valence-electron chi connectivity index (χ4n) is 3.96. The molecule has 0 bridgehead atoms. The van der Waals surface area contributed by atoms with Crippen molar-refractivity contribution in [3.05, 3.63) is 43.0 Å². The first-order valence-electron chi connectivity index (χ1n) is 10.2. The van der Waals surface area contributed by atoms with Crippen LogP contribution in [0.5, 0.6) is 0 Å². The van der Waals surface area contributed by atoms with Gasteiger partial charge in [0.2, 0.25) is 5.95 Å². The predicted molar refractivity (Wildman–Crippen MR) is 119 cm³/mol. The van der Waals surface area contributed by atoms with Gasteiger partial charge in [-0.2, -0.15) is 4.98 Å². The first-order valence-corrected chi connectivity index (χ1v) is 10.2. The number of piperazine rings is 1. The number of fused-ring (bicyclic) bond motifs is 3. The average Bonchev–Trinajstić information content (AvgIpc) is 3.13. The summed E-state index contributed by atoms with van der Waals surface area (Å²) in [6, 6.07) is 6.13. The molecule has 0 saturated carbocycles. The van der Waals surface area contributed by atoms with Gasteiger partial charge in [-0.05, 0) is 25.1 Å². The lowest BCUT2D eigenvalue weighted by atomic mass is 10.2. The first kappa shape index (κ1) is 18.7. The molecule has 5 heterocycles. The van der Waals surface area contributed by atoms with Gasteiger partial charge in [-0.15, -0.1) is 0 Å². The molecular formula is C21H25N9. The molecule has 0 amide bonds. The topological polar surface area (TPSA) is 110 Å². The minimum absolute atomic E-state index is 0.0911. The Morgan fingerprint density at radius 1 is 1.10 bits per heavy atom. The summed E-state index contributed by atoms with van der Waals surface area (Å²) in [6.07, 6.45) is 7.38. The Balaban J connectivity index is 1.47. The van der Waals surface area contributed by atoms with Crippen LogP contribution >= 0.6 is 0 Å². The third kappa shape index (κ3) is 3.31.